The molecule has 0 amide bonds. The highest BCUT2D eigenvalue weighted by Crippen LogP contribution is 2.22. The zero-order valence-corrected chi connectivity index (χ0v) is 8.64. The van der Waals surface area contributed by atoms with Crippen molar-refractivity contribution >= 4 is 30.2 Å². The van der Waals surface area contributed by atoms with Gasteiger partial charge >= 0.3 is 5.97 Å². The van der Waals surface area contributed by atoms with Crippen molar-refractivity contribution < 1.29 is 9.90 Å². The molecular weight excluding hydrogens is 222 g/mol. The predicted octanol–water partition coefficient (Wildman–Crippen LogP) is 2.28. The van der Waals surface area contributed by atoms with Crippen molar-refractivity contribution in [3.63, 3.8) is 0 Å². The van der Waals surface area contributed by atoms with Gasteiger partial charge in [0.1, 0.15) is 6.07 Å². The first kappa shape index (κ1) is 10.9. The Labute approximate surface area is 91.3 Å². The molecule has 0 fully saturated rings. The lowest BCUT2D eigenvalue weighted by Gasteiger charge is -2.06. The molecule has 72 valence electrons. The second kappa shape index (κ2) is 4.36. The van der Waals surface area contributed by atoms with E-state index in [0.717, 1.165) is 0 Å². The zero-order valence-electron chi connectivity index (χ0n) is 6.99. The van der Waals surface area contributed by atoms with Gasteiger partial charge in [0, 0.05) is 10.8 Å². The first-order valence-corrected chi connectivity index (χ1v) is 4.64. The van der Waals surface area contributed by atoms with Gasteiger partial charge < -0.3 is 5.11 Å². The van der Waals surface area contributed by atoms with Crippen LogP contribution in [0.25, 0.3) is 0 Å². The molecule has 1 rings (SSSR count). The van der Waals surface area contributed by atoms with Gasteiger partial charge in [-0.1, -0.05) is 6.07 Å². The Morgan fingerprint density at radius 2 is 2.29 bits per heavy atom. The highest BCUT2D eigenvalue weighted by atomic mass is 35.5. The molecule has 0 heterocycles. The van der Waals surface area contributed by atoms with E-state index in [0.29, 0.717) is 10.5 Å². The van der Waals surface area contributed by atoms with Crippen LogP contribution in [0.4, 0.5) is 0 Å². The molecule has 0 aliphatic heterocycles. The Morgan fingerprint density at radius 3 is 2.71 bits per heavy atom. The van der Waals surface area contributed by atoms with Gasteiger partial charge in [-0.2, -0.15) is 5.26 Å². The number of halogens is 1. The van der Waals surface area contributed by atoms with Crippen LogP contribution >= 0.6 is 24.2 Å². The van der Waals surface area contributed by atoms with Crippen LogP contribution < -0.4 is 0 Å². The molecule has 0 atom stereocenters. The van der Waals surface area contributed by atoms with Crippen molar-refractivity contribution in [3.05, 3.63) is 28.8 Å². The molecule has 0 radical (unpaired) electrons. The number of hydrogen-bond donors (Lipinski definition) is 2. The van der Waals surface area contributed by atoms with E-state index in [4.69, 9.17) is 22.0 Å². The Morgan fingerprint density at radius 1 is 1.64 bits per heavy atom. The van der Waals surface area contributed by atoms with Crippen LogP contribution in [0.1, 0.15) is 21.5 Å². The van der Waals surface area contributed by atoms with Gasteiger partial charge in [0.25, 0.3) is 0 Å². The summed E-state index contributed by atoms with van der Waals surface area (Å²) in [5.41, 5.74) is 0.419. The highest BCUT2D eigenvalue weighted by Gasteiger charge is 2.16. The third-order valence-electron chi connectivity index (χ3n) is 1.74. The molecule has 0 saturated heterocycles. The van der Waals surface area contributed by atoms with E-state index in [-0.39, 0.29) is 17.0 Å². The fraction of sp³-hybridized carbons (Fsp3) is 0.111. The van der Waals surface area contributed by atoms with Crippen molar-refractivity contribution in [2.75, 3.05) is 0 Å². The summed E-state index contributed by atoms with van der Waals surface area (Å²) in [6.07, 6.45) is 0. The number of carboxylic acid groups (broad SMARTS) is 1. The van der Waals surface area contributed by atoms with Crippen molar-refractivity contribution in [1.29, 1.82) is 5.26 Å². The number of benzene rings is 1. The third-order valence-corrected chi connectivity index (χ3v) is 2.40. The number of rotatable bonds is 2. The molecule has 0 saturated carbocycles. The quantitative estimate of drug-likeness (QED) is 0.602. The van der Waals surface area contributed by atoms with Crippen molar-refractivity contribution in [3.8, 4) is 6.07 Å². The van der Waals surface area contributed by atoms with E-state index >= 15 is 0 Å². The minimum Gasteiger partial charge on any atom is -0.478 e. The summed E-state index contributed by atoms with van der Waals surface area (Å²) in [7, 11) is 0. The molecule has 0 aromatic heterocycles. The lowest BCUT2D eigenvalue weighted by Crippen LogP contribution is -2.05. The summed E-state index contributed by atoms with van der Waals surface area (Å²) in [6.45, 7) is 0. The van der Waals surface area contributed by atoms with Crippen molar-refractivity contribution in [2.24, 2.45) is 0 Å². The summed E-state index contributed by atoms with van der Waals surface area (Å²) in [4.78, 5) is 11.2. The average Bonchev–Trinajstić information content (AvgIpc) is 2.17. The molecule has 1 aromatic rings. The molecule has 1 N–H and O–H groups in total. The average molecular weight is 228 g/mol. The molecule has 0 aliphatic carbocycles. The molecule has 1 aromatic carbocycles. The molecule has 0 aliphatic rings. The molecular formula is C9H6ClNO2S. The standard InChI is InChI=1S/C9H6ClNO2S/c10-3-5-1-2-7(14)6(4-11)8(5)9(12)13/h1-2,14H,3H2,(H,12,13). The molecule has 14 heavy (non-hydrogen) atoms. The van der Waals surface area contributed by atoms with Crippen LogP contribution in [0.15, 0.2) is 17.0 Å². The Hall–Kier alpha value is -1.18. The van der Waals surface area contributed by atoms with Gasteiger partial charge in [-0.05, 0) is 11.6 Å². The number of hydrogen-bond acceptors (Lipinski definition) is 3. The van der Waals surface area contributed by atoms with E-state index in [9.17, 15) is 4.79 Å². The topological polar surface area (TPSA) is 61.1 Å². The molecule has 3 nitrogen and oxygen atoms in total. The van der Waals surface area contributed by atoms with Gasteiger partial charge in [-0.25, -0.2) is 4.79 Å². The Balaban J connectivity index is 3.54. The SMILES string of the molecule is N#Cc1c(S)ccc(CCl)c1C(=O)O. The minimum absolute atomic E-state index is 0.0546. The largest absolute Gasteiger partial charge is 0.478 e. The first-order chi connectivity index (χ1) is 6.61. The van der Waals surface area contributed by atoms with Crippen LogP contribution in [0.5, 0.6) is 0 Å². The van der Waals surface area contributed by atoms with E-state index in [1.165, 1.54) is 0 Å². The van der Waals surface area contributed by atoms with Gasteiger partial charge in [0.05, 0.1) is 11.1 Å². The van der Waals surface area contributed by atoms with E-state index in [1.54, 1.807) is 18.2 Å². The normalized spacial score (nSPS) is 9.50. The fourth-order valence-corrected chi connectivity index (χ4v) is 1.56. The van der Waals surface area contributed by atoms with Crippen LogP contribution in [-0.4, -0.2) is 11.1 Å². The molecule has 5 heteroatoms. The maximum Gasteiger partial charge on any atom is 0.337 e. The van der Waals surface area contributed by atoms with E-state index < -0.39 is 5.97 Å². The first-order valence-electron chi connectivity index (χ1n) is 3.66. The van der Waals surface area contributed by atoms with Crippen LogP contribution in [0, 0.1) is 11.3 Å². The second-order valence-electron chi connectivity index (χ2n) is 2.54. The van der Waals surface area contributed by atoms with Gasteiger partial charge in [0.2, 0.25) is 0 Å². The van der Waals surface area contributed by atoms with Crippen molar-refractivity contribution in [2.45, 2.75) is 10.8 Å². The maximum absolute atomic E-state index is 10.9. The summed E-state index contributed by atoms with van der Waals surface area (Å²) in [5, 5.41) is 17.7. The lowest BCUT2D eigenvalue weighted by molar-refractivity contribution is 0.0695. The summed E-state index contributed by atoms with van der Waals surface area (Å²) in [5.74, 6) is -1.10. The number of nitrogens with zero attached hydrogens (tertiary/aromatic N) is 1. The van der Waals surface area contributed by atoms with E-state index in [1.807, 2.05) is 0 Å². The summed E-state index contributed by atoms with van der Waals surface area (Å²) >= 11 is 9.56. The number of alkyl halides is 1. The zero-order chi connectivity index (χ0) is 10.7. The Kier molecular flexibility index (Phi) is 3.39. The number of thiol groups is 1. The maximum atomic E-state index is 10.9. The Bertz CT molecular complexity index is 426. The number of nitriles is 1. The minimum atomic E-state index is -1.16. The molecule has 0 bridgehead atoms. The van der Waals surface area contributed by atoms with E-state index in [2.05, 4.69) is 12.6 Å². The van der Waals surface area contributed by atoms with Gasteiger partial charge in [-0.3, -0.25) is 0 Å². The summed E-state index contributed by atoms with van der Waals surface area (Å²) in [6, 6.07) is 4.92. The van der Waals surface area contributed by atoms with Crippen LogP contribution in [0.2, 0.25) is 0 Å². The van der Waals surface area contributed by atoms with Gasteiger partial charge in [-0.15, -0.1) is 24.2 Å². The molecule has 0 spiro atoms. The van der Waals surface area contributed by atoms with Crippen LogP contribution in [0.3, 0.4) is 0 Å². The number of carboxylic acids is 1. The van der Waals surface area contributed by atoms with Crippen LogP contribution in [-0.2, 0) is 5.88 Å². The second-order valence-corrected chi connectivity index (χ2v) is 3.29. The third kappa shape index (κ3) is 1.84. The number of carbonyl (C=O) groups is 1. The van der Waals surface area contributed by atoms with Crippen molar-refractivity contribution in [1.82, 2.24) is 0 Å². The highest BCUT2D eigenvalue weighted by molar-refractivity contribution is 7.80. The molecule has 0 unspecified atom stereocenters. The smallest absolute Gasteiger partial charge is 0.337 e. The predicted molar refractivity (Wildman–Crippen MR) is 54.9 cm³/mol. The fourth-order valence-electron chi connectivity index (χ4n) is 1.10. The van der Waals surface area contributed by atoms with Gasteiger partial charge in [0.15, 0.2) is 0 Å². The monoisotopic (exact) mass is 227 g/mol. The lowest BCUT2D eigenvalue weighted by atomic mass is 10.0. The number of aromatic carboxylic acids is 1. The summed E-state index contributed by atoms with van der Waals surface area (Å²) < 4.78 is 0.